The van der Waals surface area contributed by atoms with Crippen molar-refractivity contribution in [2.75, 3.05) is 5.75 Å². The van der Waals surface area contributed by atoms with Crippen molar-refractivity contribution in [1.82, 2.24) is 0 Å². The normalized spacial score (nSPS) is 11.3. The molecule has 0 rings (SSSR count). The summed E-state index contributed by atoms with van der Waals surface area (Å²) in [6.45, 7) is 3.71. The van der Waals surface area contributed by atoms with E-state index in [4.69, 9.17) is 4.43 Å². The van der Waals surface area contributed by atoms with Crippen LogP contribution < -0.4 is 0 Å². The summed E-state index contributed by atoms with van der Waals surface area (Å²) in [7, 11) is -0.588. The lowest BCUT2D eigenvalue weighted by Gasteiger charge is -2.05. The lowest BCUT2D eigenvalue weighted by Crippen LogP contribution is -2.14. The molecule has 0 aliphatic carbocycles. The Morgan fingerprint density at radius 1 is 1.64 bits per heavy atom. The molecule has 0 N–H and O–H groups in total. The van der Waals surface area contributed by atoms with Gasteiger partial charge in [0.1, 0.15) is 0 Å². The minimum absolute atomic E-state index is 0.0264. The average Bonchev–Trinajstić information content (AvgIpc) is 1.97. The lowest BCUT2D eigenvalue weighted by atomic mass is 10.2. The van der Waals surface area contributed by atoms with E-state index in [2.05, 4.69) is 12.6 Å². The van der Waals surface area contributed by atoms with Gasteiger partial charge in [0, 0.05) is 5.92 Å². The molecule has 0 aliphatic heterocycles. The minimum atomic E-state index is -0.588. The summed E-state index contributed by atoms with van der Waals surface area (Å²) in [5, 5.41) is 0. The van der Waals surface area contributed by atoms with Gasteiger partial charge >= 0.3 is 0 Å². The molecule has 0 aromatic rings. The molecule has 0 atom stereocenters. The molecule has 0 spiro atoms. The quantitative estimate of drug-likeness (QED) is 0.400. The van der Waals surface area contributed by atoms with Gasteiger partial charge in [0.25, 0.3) is 5.97 Å². The zero-order chi connectivity index (χ0) is 8.69. The Hall–Kier alpha value is 0.0369. The number of hydrogen-bond acceptors (Lipinski definition) is 3. The van der Waals surface area contributed by atoms with Crippen LogP contribution in [0, 0.1) is 5.92 Å². The minimum Gasteiger partial charge on any atom is -0.525 e. The zero-order valence-electron chi connectivity index (χ0n) is 7.17. The highest BCUT2D eigenvalue weighted by molar-refractivity contribution is 7.80. The molecular formula is C7H16O2SSi. The largest absolute Gasteiger partial charge is 0.525 e. The fourth-order valence-corrected chi connectivity index (χ4v) is 2.33. The van der Waals surface area contributed by atoms with E-state index in [1.165, 1.54) is 0 Å². The first-order valence-corrected chi connectivity index (χ1v) is 6.17. The number of thiol groups is 1. The number of carbonyl (C=O) groups excluding carboxylic acids is 1. The van der Waals surface area contributed by atoms with Crippen molar-refractivity contribution >= 4 is 28.4 Å². The second kappa shape index (κ2) is 6.73. The SMILES string of the molecule is CC(C)C(=O)O[SiH2]CCCS. The van der Waals surface area contributed by atoms with Gasteiger partial charge in [-0.15, -0.1) is 0 Å². The van der Waals surface area contributed by atoms with Crippen LogP contribution in [0.15, 0.2) is 0 Å². The van der Waals surface area contributed by atoms with Crippen molar-refractivity contribution < 1.29 is 9.22 Å². The highest BCUT2D eigenvalue weighted by atomic mass is 32.1. The molecule has 66 valence electrons. The van der Waals surface area contributed by atoms with Crippen LogP contribution in [0.4, 0.5) is 0 Å². The summed E-state index contributed by atoms with van der Waals surface area (Å²) in [5.74, 6) is 0.876. The van der Waals surface area contributed by atoms with E-state index in [-0.39, 0.29) is 11.9 Å². The maximum absolute atomic E-state index is 10.9. The molecule has 0 radical (unpaired) electrons. The van der Waals surface area contributed by atoms with Crippen molar-refractivity contribution in [2.45, 2.75) is 26.3 Å². The van der Waals surface area contributed by atoms with Crippen LogP contribution >= 0.6 is 12.6 Å². The Morgan fingerprint density at radius 2 is 2.27 bits per heavy atom. The van der Waals surface area contributed by atoms with Gasteiger partial charge in [-0.2, -0.15) is 12.6 Å². The van der Waals surface area contributed by atoms with Crippen LogP contribution in [0.2, 0.25) is 6.04 Å². The van der Waals surface area contributed by atoms with Gasteiger partial charge < -0.3 is 4.43 Å². The van der Waals surface area contributed by atoms with Gasteiger partial charge in [0.2, 0.25) is 9.76 Å². The first kappa shape index (κ1) is 11.0. The smallest absolute Gasteiger partial charge is 0.294 e. The second-order valence-electron chi connectivity index (χ2n) is 2.75. The Bertz CT molecular complexity index is 117. The standard InChI is InChI=1S/C7H16O2SSi/c1-6(2)7(8)9-11-5-3-4-10/h6,10H,3-5,11H2,1-2H3. The van der Waals surface area contributed by atoms with Crippen LogP contribution in [0.1, 0.15) is 20.3 Å². The monoisotopic (exact) mass is 192 g/mol. The van der Waals surface area contributed by atoms with Crippen LogP contribution in [-0.2, 0) is 9.22 Å². The van der Waals surface area contributed by atoms with E-state index < -0.39 is 9.76 Å². The van der Waals surface area contributed by atoms with E-state index >= 15 is 0 Å². The molecule has 0 saturated heterocycles. The van der Waals surface area contributed by atoms with Crippen molar-refractivity contribution in [3.63, 3.8) is 0 Å². The number of rotatable bonds is 5. The van der Waals surface area contributed by atoms with E-state index in [9.17, 15) is 4.79 Å². The maximum Gasteiger partial charge on any atom is 0.294 e. The third kappa shape index (κ3) is 6.44. The molecule has 4 heteroatoms. The van der Waals surface area contributed by atoms with Gasteiger partial charge in [0.05, 0.1) is 0 Å². The molecule has 0 heterocycles. The molecule has 0 unspecified atom stereocenters. The van der Waals surface area contributed by atoms with Crippen LogP contribution in [-0.4, -0.2) is 21.5 Å². The molecule has 0 saturated carbocycles. The van der Waals surface area contributed by atoms with Crippen LogP contribution in [0.3, 0.4) is 0 Å². The molecular weight excluding hydrogens is 176 g/mol. The average molecular weight is 192 g/mol. The Morgan fingerprint density at radius 3 is 2.73 bits per heavy atom. The van der Waals surface area contributed by atoms with Crippen LogP contribution in [0.25, 0.3) is 0 Å². The van der Waals surface area contributed by atoms with Gasteiger partial charge in [-0.05, 0) is 18.2 Å². The molecule has 0 fully saturated rings. The maximum atomic E-state index is 10.9. The highest BCUT2D eigenvalue weighted by Crippen LogP contribution is 1.97. The molecule has 0 aliphatic rings. The van der Waals surface area contributed by atoms with E-state index in [0.717, 1.165) is 18.2 Å². The van der Waals surface area contributed by atoms with E-state index in [1.54, 1.807) is 0 Å². The predicted octanol–water partition coefficient (Wildman–Crippen LogP) is 1.01. The molecule has 11 heavy (non-hydrogen) atoms. The third-order valence-corrected chi connectivity index (χ3v) is 2.86. The van der Waals surface area contributed by atoms with Crippen LogP contribution in [0.5, 0.6) is 0 Å². The lowest BCUT2D eigenvalue weighted by molar-refractivity contribution is -0.137. The highest BCUT2D eigenvalue weighted by Gasteiger charge is 2.06. The fourth-order valence-electron chi connectivity index (χ4n) is 0.553. The first-order chi connectivity index (χ1) is 5.18. The van der Waals surface area contributed by atoms with Gasteiger partial charge in [0.15, 0.2) is 0 Å². The summed E-state index contributed by atoms with van der Waals surface area (Å²) >= 11 is 4.07. The van der Waals surface area contributed by atoms with Crippen molar-refractivity contribution in [2.24, 2.45) is 5.92 Å². The topological polar surface area (TPSA) is 26.3 Å². The van der Waals surface area contributed by atoms with Crippen molar-refractivity contribution in [1.29, 1.82) is 0 Å². The molecule has 0 aromatic carbocycles. The van der Waals surface area contributed by atoms with E-state index in [1.807, 2.05) is 13.8 Å². The summed E-state index contributed by atoms with van der Waals surface area (Å²) in [6, 6.07) is 1.06. The molecule has 0 amide bonds. The third-order valence-electron chi connectivity index (χ3n) is 1.27. The summed E-state index contributed by atoms with van der Waals surface area (Å²) in [4.78, 5) is 10.9. The van der Waals surface area contributed by atoms with Gasteiger partial charge in [-0.25, -0.2) is 0 Å². The Balaban J connectivity index is 3.18. The van der Waals surface area contributed by atoms with Crippen molar-refractivity contribution in [3.8, 4) is 0 Å². The number of carbonyl (C=O) groups is 1. The number of hydrogen-bond donors (Lipinski definition) is 1. The Kier molecular flexibility index (Phi) is 6.75. The summed E-state index contributed by atoms with van der Waals surface area (Å²) in [6.07, 6.45) is 1.07. The summed E-state index contributed by atoms with van der Waals surface area (Å²) in [5.41, 5.74) is 0. The van der Waals surface area contributed by atoms with Gasteiger partial charge in [-0.1, -0.05) is 13.8 Å². The van der Waals surface area contributed by atoms with E-state index in [0.29, 0.717) is 0 Å². The fraction of sp³-hybridized carbons (Fsp3) is 0.857. The van der Waals surface area contributed by atoms with Gasteiger partial charge in [-0.3, -0.25) is 4.79 Å². The molecule has 0 aromatic heterocycles. The zero-order valence-corrected chi connectivity index (χ0v) is 9.48. The predicted molar refractivity (Wildman–Crippen MR) is 52.8 cm³/mol. The molecule has 2 nitrogen and oxygen atoms in total. The van der Waals surface area contributed by atoms with Crippen molar-refractivity contribution in [3.05, 3.63) is 0 Å². The molecule has 0 bridgehead atoms. The Labute approximate surface area is 76.1 Å². The summed E-state index contributed by atoms with van der Waals surface area (Å²) < 4.78 is 5.07. The first-order valence-electron chi connectivity index (χ1n) is 3.96. The second-order valence-corrected chi connectivity index (χ2v) is 4.60.